The summed E-state index contributed by atoms with van der Waals surface area (Å²) in [6.07, 6.45) is 3.17. The molecule has 0 unspecified atom stereocenters. The van der Waals surface area contributed by atoms with Crippen LogP contribution in [0.2, 0.25) is 0 Å². The van der Waals surface area contributed by atoms with Gasteiger partial charge in [-0.05, 0) is 60.6 Å². The molecule has 4 aromatic rings. The van der Waals surface area contributed by atoms with Gasteiger partial charge >= 0.3 is 0 Å². The maximum Gasteiger partial charge on any atom is 0.233 e. The Balaban J connectivity index is 1.20. The van der Waals surface area contributed by atoms with E-state index >= 15 is 0 Å². The van der Waals surface area contributed by atoms with Crippen LogP contribution in [0.25, 0.3) is 16.2 Å². The van der Waals surface area contributed by atoms with E-state index in [1.807, 2.05) is 20.7 Å². The van der Waals surface area contributed by atoms with Gasteiger partial charge in [0.15, 0.2) is 5.16 Å². The molecule has 3 heterocycles. The summed E-state index contributed by atoms with van der Waals surface area (Å²) >= 11 is 2.89. The lowest BCUT2D eigenvalue weighted by Crippen LogP contribution is -2.39. The van der Waals surface area contributed by atoms with Crippen LogP contribution in [0.3, 0.4) is 0 Å². The number of rotatable bonds is 6. The number of piperidine rings is 1. The van der Waals surface area contributed by atoms with E-state index in [4.69, 9.17) is 0 Å². The van der Waals surface area contributed by atoms with Gasteiger partial charge in [-0.1, -0.05) is 42.1 Å². The second-order valence-corrected chi connectivity index (χ2v) is 9.81. The van der Waals surface area contributed by atoms with E-state index in [2.05, 4.69) is 34.5 Å². The lowest BCUT2D eigenvalue weighted by molar-refractivity contribution is -0.129. The van der Waals surface area contributed by atoms with Crippen molar-refractivity contribution in [1.29, 1.82) is 0 Å². The Morgan fingerprint density at radius 1 is 1.06 bits per heavy atom. The molecule has 2 aromatic heterocycles. The zero-order valence-corrected chi connectivity index (χ0v) is 19.1. The Bertz CT molecular complexity index is 1200. The molecule has 0 spiro atoms. The molecule has 8 heteroatoms. The average molecular weight is 467 g/mol. The number of halogens is 1. The number of benzene rings is 2. The van der Waals surface area contributed by atoms with Gasteiger partial charge in [-0.2, -0.15) is 0 Å². The van der Waals surface area contributed by atoms with Gasteiger partial charge in [0.05, 0.1) is 11.4 Å². The number of hydrogen-bond acceptors (Lipinski definition) is 5. The molecule has 1 saturated heterocycles. The third kappa shape index (κ3) is 4.56. The highest BCUT2D eigenvalue weighted by Gasteiger charge is 2.24. The molecule has 5 rings (SSSR count). The van der Waals surface area contributed by atoms with E-state index in [-0.39, 0.29) is 11.7 Å². The lowest BCUT2D eigenvalue weighted by Gasteiger charge is -2.32. The number of nitrogens with zero attached hydrogens (tertiary/aromatic N) is 4. The van der Waals surface area contributed by atoms with Crippen LogP contribution in [0.1, 0.15) is 18.4 Å². The molecule has 1 fully saturated rings. The molecule has 1 aliphatic rings. The minimum Gasteiger partial charge on any atom is -0.342 e. The quantitative estimate of drug-likeness (QED) is 0.368. The molecule has 5 nitrogen and oxygen atoms in total. The summed E-state index contributed by atoms with van der Waals surface area (Å²) < 4.78 is 15.3. The van der Waals surface area contributed by atoms with E-state index in [1.165, 1.54) is 40.8 Å². The monoisotopic (exact) mass is 466 g/mol. The van der Waals surface area contributed by atoms with Crippen molar-refractivity contribution in [2.75, 3.05) is 18.8 Å². The van der Waals surface area contributed by atoms with Crippen LogP contribution in [0.15, 0.2) is 65.1 Å². The van der Waals surface area contributed by atoms with Gasteiger partial charge in [0.2, 0.25) is 10.9 Å². The zero-order chi connectivity index (χ0) is 21.9. The SMILES string of the molecule is O=C(CSc1nnc2scc(-c3ccc(F)cc3)n12)N1CCC(Cc2ccccc2)CC1. The number of carbonyl (C=O) groups is 1. The van der Waals surface area contributed by atoms with Crippen molar-refractivity contribution in [2.45, 2.75) is 24.4 Å². The summed E-state index contributed by atoms with van der Waals surface area (Å²) in [4.78, 5) is 15.6. The van der Waals surface area contributed by atoms with Crippen LogP contribution in [-0.4, -0.2) is 44.2 Å². The number of fused-ring (bicyclic) bond motifs is 1. The predicted molar refractivity (Wildman–Crippen MR) is 126 cm³/mol. The first-order chi connectivity index (χ1) is 15.7. The number of amides is 1. The fraction of sp³-hybridized carbons (Fsp3) is 0.292. The summed E-state index contributed by atoms with van der Waals surface area (Å²) in [6.45, 7) is 1.62. The first-order valence-corrected chi connectivity index (χ1v) is 12.6. The van der Waals surface area contributed by atoms with Crippen LogP contribution < -0.4 is 0 Å². The highest BCUT2D eigenvalue weighted by Crippen LogP contribution is 2.30. The molecule has 2 aromatic carbocycles. The number of thioether (sulfide) groups is 1. The molecule has 0 atom stereocenters. The fourth-order valence-electron chi connectivity index (χ4n) is 4.16. The molecule has 0 radical (unpaired) electrons. The van der Waals surface area contributed by atoms with Gasteiger partial charge in [-0.3, -0.25) is 9.20 Å². The highest BCUT2D eigenvalue weighted by atomic mass is 32.2. The predicted octanol–water partition coefficient (Wildman–Crippen LogP) is 5.17. The molecule has 1 amide bonds. The van der Waals surface area contributed by atoms with Crippen LogP contribution in [0.5, 0.6) is 0 Å². The summed E-state index contributed by atoms with van der Waals surface area (Å²) in [6, 6.07) is 17.0. The van der Waals surface area contributed by atoms with Crippen molar-refractivity contribution in [3.63, 3.8) is 0 Å². The summed E-state index contributed by atoms with van der Waals surface area (Å²) in [7, 11) is 0. The number of thiazole rings is 1. The smallest absolute Gasteiger partial charge is 0.233 e. The van der Waals surface area contributed by atoms with Crippen molar-refractivity contribution >= 4 is 34.0 Å². The van der Waals surface area contributed by atoms with Crippen molar-refractivity contribution in [1.82, 2.24) is 19.5 Å². The minimum absolute atomic E-state index is 0.142. The average Bonchev–Trinajstić information content (AvgIpc) is 3.42. The maximum absolute atomic E-state index is 13.3. The van der Waals surface area contributed by atoms with Gasteiger partial charge in [0.25, 0.3) is 0 Å². The lowest BCUT2D eigenvalue weighted by atomic mass is 9.90. The molecular formula is C24H23FN4OS2. The van der Waals surface area contributed by atoms with Crippen LogP contribution in [0, 0.1) is 11.7 Å². The Morgan fingerprint density at radius 2 is 1.81 bits per heavy atom. The van der Waals surface area contributed by atoms with E-state index in [9.17, 15) is 9.18 Å². The van der Waals surface area contributed by atoms with Crippen LogP contribution >= 0.6 is 23.1 Å². The molecule has 0 aliphatic carbocycles. The largest absolute Gasteiger partial charge is 0.342 e. The molecular weight excluding hydrogens is 443 g/mol. The normalized spacial score (nSPS) is 14.8. The van der Waals surface area contributed by atoms with Crippen molar-refractivity contribution < 1.29 is 9.18 Å². The van der Waals surface area contributed by atoms with E-state index in [0.717, 1.165) is 48.6 Å². The first-order valence-electron chi connectivity index (χ1n) is 10.7. The second kappa shape index (κ2) is 9.42. The molecule has 0 saturated carbocycles. The number of hydrogen-bond donors (Lipinski definition) is 0. The van der Waals surface area contributed by atoms with Gasteiger partial charge in [0.1, 0.15) is 5.82 Å². The van der Waals surface area contributed by atoms with Gasteiger partial charge in [-0.15, -0.1) is 21.5 Å². The Morgan fingerprint density at radius 3 is 2.56 bits per heavy atom. The molecule has 1 aliphatic heterocycles. The summed E-state index contributed by atoms with van der Waals surface area (Å²) in [5, 5.41) is 11.2. The third-order valence-corrected chi connectivity index (χ3v) is 7.65. The van der Waals surface area contributed by atoms with Crippen molar-refractivity contribution in [3.05, 3.63) is 71.4 Å². The van der Waals surface area contributed by atoms with E-state index in [0.29, 0.717) is 16.8 Å². The number of likely N-dealkylation sites (tertiary alicyclic amines) is 1. The highest BCUT2D eigenvalue weighted by molar-refractivity contribution is 7.99. The maximum atomic E-state index is 13.3. The Kier molecular flexibility index (Phi) is 6.23. The fourth-order valence-corrected chi connectivity index (χ4v) is 5.91. The Labute approximate surface area is 194 Å². The van der Waals surface area contributed by atoms with Crippen molar-refractivity contribution in [2.24, 2.45) is 5.92 Å². The van der Waals surface area contributed by atoms with Gasteiger partial charge in [-0.25, -0.2) is 4.39 Å². The van der Waals surface area contributed by atoms with Crippen molar-refractivity contribution in [3.8, 4) is 11.3 Å². The molecule has 164 valence electrons. The molecule has 0 N–H and O–H groups in total. The van der Waals surface area contributed by atoms with E-state index in [1.54, 1.807) is 12.1 Å². The standard InChI is InChI=1S/C24H23FN4OS2/c25-20-8-6-19(7-9-20)21-15-31-23-26-27-24(29(21)23)32-16-22(30)28-12-10-18(11-13-28)14-17-4-2-1-3-5-17/h1-9,15,18H,10-14,16H2. The van der Waals surface area contributed by atoms with Gasteiger partial charge < -0.3 is 4.90 Å². The number of aromatic nitrogens is 3. The summed E-state index contributed by atoms with van der Waals surface area (Å²) in [5.41, 5.74) is 3.18. The van der Waals surface area contributed by atoms with Gasteiger partial charge in [0, 0.05) is 18.5 Å². The Hall–Kier alpha value is -2.71. The third-order valence-electron chi connectivity index (χ3n) is 5.92. The number of carbonyl (C=O) groups excluding carboxylic acids is 1. The summed E-state index contributed by atoms with van der Waals surface area (Å²) in [5.74, 6) is 0.845. The van der Waals surface area contributed by atoms with E-state index < -0.39 is 0 Å². The minimum atomic E-state index is -0.267. The second-order valence-electron chi connectivity index (χ2n) is 8.03. The van der Waals surface area contributed by atoms with Crippen LogP contribution in [-0.2, 0) is 11.2 Å². The first kappa shape index (κ1) is 21.2. The molecule has 32 heavy (non-hydrogen) atoms. The topological polar surface area (TPSA) is 50.5 Å². The zero-order valence-electron chi connectivity index (χ0n) is 17.5. The molecule has 0 bridgehead atoms. The van der Waals surface area contributed by atoms with Crippen LogP contribution in [0.4, 0.5) is 4.39 Å².